The van der Waals surface area contributed by atoms with Crippen molar-refractivity contribution in [1.82, 2.24) is 0 Å². The Labute approximate surface area is 288 Å². The van der Waals surface area contributed by atoms with Crippen LogP contribution in [0.25, 0.3) is 38.2 Å². The molecule has 0 unspecified atom stereocenters. The predicted octanol–water partition coefficient (Wildman–Crippen LogP) is 13.1. The smallest absolute Gasteiger partial charge is 0.237 e. The summed E-state index contributed by atoms with van der Waals surface area (Å²) in [7, 11) is 0. The maximum Gasteiger partial charge on any atom is 0.416 e. The van der Waals surface area contributed by atoms with Gasteiger partial charge in [0.2, 0.25) is 5.69 Å². The van der Waals surface area contributed by atoms with Gasteiger partial charge in [0.15, 0.2) is 0 Å². The first-order valence-electron chi connectivity index (χ1n) is 13.7. The molecule has 0 aromatic heterocycles. The second-order valence-electron chi connectivity index (χ2n) is 10.9. The number of hydrogen-bond acceptors (Lipinski definition) is 2. The summed E-state index contributed by atoms with van der Waals surface area (Å²) in [5, 5.41) is 20.4. The van der Waals surface area contributed by atoms with E-state index in [1.807, 2.05) is 0 Å². The molecule has 0 fully saturated rings. The minimum atomic E-state index is -5.69. The van der Waals surface area contributed by atoms with E-state index >= 15 is 0 Å². The van der Waals surface area contributed by atoms with Crippen molar-refractivity contribution >= 4 is 5.69 Å². The standard InChI is InChI=1S/C33H9F18N3/c1-54-27-25(14-4-18(30(40,41)42)9-19(5-14)31(43,44)45)22(11-52)24(13-2-16(28(34,35)36)8-17(3-13)29(37,38)39)23(12-53)26(27)15-6-20(32(46,47)48)10-21(7-15)33(49,50)51/h2-10H. The molecule has 0 spiro atoms. The van der Waals surface area contributed by atoms with Gasteiger partial charge in [-0.15, -0.1) is 0 Å². The van der Waals surface area contributed by atoms with Gasteiger partial charge < -0.3 is 0 Å². The summed E-state index contributed by atoms with van der Waals surface area (Å²) >= 11 is 0. The molecule has 21 heteroatoms. The molecule has 0 heterocycles. The van der Waals surface area contributed by atoms with Crippen LogP contribution in [0.5, 0.6) is 0 Å². The fourth-order valence-corrected chi connectivity index (χ4v) is 5.22. The zero-order valence-corrected chi connectivity index (χ0v) is 25.3. The van der Waals surface area contributed by atoms with Crippen LogP contribution < -0.4 is 0 Å². The summed E-state index contributed by atoms with van der Waals surface area (Å²) < 4.78 is 250. The van der Waals surface area contributed by atoms with Crippen LogP contribution in [0, 0.1) is 29.2 Å². The number of rotatable bonds is 3. The quantitative estimate of drug-likeness (QED) is 0.153. The van der Waals surface area contributed by atoms with Gasteiger partial charge in [-0.2, -0.15) is 89.6 Å². The Morgan fingerprint density at radius 3 is 0.741 bits per heavy atom. The number of nitrogens with zero attached hydrogens (tertiary/aromatic N) is 3. The molecule has 4 aromatic carbocycles. The third kappa shape index (κ3) is 8.02. The number of hydrogen-bond donors (Lipinski definition) is 0. The number of benzene rings is 4. The summed E-state index contributed by atoms with van der Waals surface area (Å²) in [6.07, 6.45) is -34.1. The Hall–Kier alpha value is -5.91. The number of nitriles is 2. The molecule has 4 aromatic rings. The normalized spacial score (nSPS) is 12.9. The van der Waals surface area contributed by atoms with Crippen molar-refractivity contribution in [3.8, 4) is 45.5 Å². The lowest BCUT2D eigenvalue weighted by Gasteiger charge is -2.23. The van der Waals surface area contributed by atoms with E-state index < -0.39 is 139 Å². The summed E-state index contributed by atoms with van der Waals surface area (Å²) in [6, 6.07) is -0.309. The van der Waals surface area contributed by atoms with Crippen molar-refractivity contribution in [3.63, 3.8) is 0 Å². The van der Waals surface area contributed by atoms with Crippen LogP contribution in [-0.2, 0) is 37.1 Å². The van der Waals surface area contributed by atoms with Gasteiger partial charge in [0, 0.05) is 16.7 Å². The second kappa shape index (κ2) is 13.2. The molecular weight excluding hydrogens is 780 g/mol. The molecule has 0 amide bonds. The zero-order chi connectivity index (χ0) is 41.1. The van der Waals surface area contributed by atoms with Crippen LogP contribution in [-0.4, -0.2) is 0 Å². The molecule has 0 aliphatic heterocycles. The maximum absolute atomic E-state index is 13.9. The van der Waals surface area contributed by atoms with Gasteiger partial charge in [-0.3, -0.25) is 0 Å². The zero-order valence-electron chi connectivity index (χ0n) is 25.3. The van der Waals surface area contributed by atoms with Gasteiger partial charge in [-0.05, 0) is 71.3 Å². The molecule has 0 saturated heterocycles. The van der Waals surface area contributed by atoms with E-state index in [2.05, 4.69) is 4.85 Å². The number of halogens is 18. The van der Waals surface area contributed by atoms with Crippen LogP contribution in [0.4, 0.5) is 84.7 Å². The first-order valence-corrected chi connectivity index (χ1v) is 13.7. The van der Waals surface area contributed by atoms with Crippen LogP contribution in [0.3, 0.4) is 0 Å². The van der Waals surface area contributed by atoms with Crippen molar-refractivity contribution < 1.29 is 79.0 Å². The molecule has 0 aliphatic rings. The van der Waals surface area contributed by atoms with Crippen molar-refractivity contribution in [2.24, 2.45) is 0 Å². The van der Waals surface area contributed by atoms with Crippen molar-refractivity contribution in [2.45, 2.75) is 37.1 Å². The molecule has 0 saturated carbocycles. The fraction of sp³-hybridized carbons (Fsp3) is 0.182. The first kappa shape index (κ1) is 40.9. The lowest BCUT2D eigenvalue weighted by Crippen LogP contribution is -2.13. The van der Waals surface area contributed by atoms with E-state index in [0.717, 1.165) is 12.1 Å². The third-order valence-electron chi connectivity index (χ3n) is 7.44. The van der Waals surface area contributed by atoms with E-state index in [1.54, 1.807) is 0 Å². The highest BCUT2D eigenvalue weighted by Gasteiger charge is 2.42. The molecule has 54 heavy (non-hydrogen) atoms. The summed E-state index contributed by atoms with van der Waals surface area (Å²) in [5.41, 5.74) is -26.9. The molecule has 0 aliphatic carbocycles. The largest absolute Gasteiger partial charge is 0.416 e. The van der Waals surface area contributed by atoms with Gasteiger partial charge in [0.05, 0.1) is 63.2 Å². The van der Waals surface area contributed by atoms with Crippen molar-refractivity contribution in [2.75, 3.05) is 0 Å². The minimum absolute atomic E-state index is 0.180. The van der Waals surface area contributed by atoms with Crippen LogP contribution in [0.1, 0.15) is 44.5 Å². The molecule has 0 N–H and O–H groups in total. The van der Waals surface area contributed by atoms with Crippen molar-refractivity contribution in [3.05, 3.63) is 111 Å². The van der Waals surface area contributed by atoms with E-state index in [0.29, 0.717) is 0 Å². The molecular formula is C33H9F18N3. The highest BCUT2D eigenvalue weighted by Crippen LogP contribution is 2.52. The van der Waals surface area contributed by atoms with Crippen LogP contribution in [0.2, 0.25) is 0 Å². The average molecular weight is 789 g/mol. The van der Waals surface area contributed by atoms with Gasteiger partial charge in [-0.1, -0.05) is 0 Å². The lowest BCUT2D eigenvalue weighted by atomic mass is 9.80. The Kier molecular flexibility index (Phi) is 9.98. The summed E-state index contributed by atoms with van der Waals surface area (Å²) in [4.78, 5) is 2.82. The Morgan fingerprint density at radius 1 is 0.370 bits per heavy atom. The SMILES string of the molecule is [C-]#[N+]c1c(-c2cc(C(F)(F)F)cc(C(F)(F)F)c2)c(C#N)c(-c2cc(C(F)(F)F)cc(C(F)(F)F)c2)c(C#N)c1-c1cc(C(F)(F)F)cc(C(F)(F)F)c1. The molecule has 0 atom stereocenters. The summed E-state index contributed by atoms with van der Waals surface area (Å²) in [6.45, 7) is 7.70. The predicted molar refractivity (Wildman–Crippen MR) is 148 cm³/mol. The third-order valence-corrected chi connectivity index (χ3v) is 7.44. The molecule has 282 valence electrons. The lowest BCUT2D eigenvalue weighted by molar-refractivity contribution is -0.144. The topological polar surface area (TPSA) is 51.9 Å². The Morgan fingerprint density at radius 2 is 0.574 bits per heavy atom. The van der Waals surface area contributed by atoms with Gasteiger partial charge in [-0.25, -0.2) is 4.85 Å². The Bertz CT molecular complexity index is 1910. The van der Waals surface area contributed by atoms with Crippen molar-refractivity contribution in [1.29, 1.82) is 10.5 Å². The molecule has 4 rings (SSSR count). The van der Waals surface area contributed by atoms with Gasteiger partial charge in [0.25, 0.3) is 0 Å². The molecule has 0 radical (unpaired) electrons. The van der Waals surface area contributed by atoms with Gasteiger partial charge >= 0.3 is 37.1 Å². The second-order valence-corrected chi connectivity index (χ2v) is 10.9. The fourth-order valence-electron chi connectivity index (χ4n) is 5.22. The van der Waals surface area contributed by atoms with E-state index in [-0.39, 0.29) is 36.4 Å². The van der Waals surface area contributed by atoms with E-state index in [9.17, 15) is 89.6 Å². The highest BCUT2D eigenvalue weighted by molar-refractivity contribution is 6.03. The molecule has 0 bridgehead atoms. The monoisotopic (exact) mass is 789 g/mol. The Balaban J connectivity index is 2.47. The first-order chi connectivity index (χ1) is 24.4. The number of alkyl halides is 18. The minimum Gasteiger partial charge on any atom is -0.237 e. The van der Waals surface area contributed by atoms with E-state index in [4.69, 9.17) is 6.57 Å². The maximum atomic E-state index is 13.9. The van der Waals surface area contributed by atoms with Crippen LogP contribution in [0.15, 0.2) is 54.6 Å². The van der Waals surface area contributed by atoms with E-state index in [1.165, 1.54) is 0 Å². The highest BCUT2D eigenvalue weighted by atomic mass is 19.4. The summed E-state index contributed by atoms with van der Waals surface area (Å²) in [5.74, 6) is 0. The average Bonchev–Trinajstić information content (AvgIpc) is 3.03. The van der Waals surface area contributed by atoms with Gasteiger partial charge in [0.1, 0.15) is 0 Å². The van der Waals surface area contributed by atoms with Crippen LogP contribution >= 0.6 is 0 Å². The molecule has 3 nitrogen and oxygen atoms in total.